The molecule has 2 aromatic carbocycles. The van der Waals surface area contributed by atoms with Gasteiger partial charge in [0.2, 0.25) is 0 Å². The van der Waals surface area contributed by atoms with Gasteiger partial charge in [0.05, 0.1) is 21.8 Å². The van der Waals surface area contributed by atoms with E-state index in [-0.39, 0.29) is 28.8 Å². The first-order valence-electron chi connectivity index (χ1n) is 6.92. The van der Waals surface area contributed by atoms with Crippen LogP contribution < -0.4 is 14.8 Å². The summed E-state index contributed by atoms with van der Waals surface area (Å²) in [5, 5.41) is 2.53. The zero-order valence-electron chi connectivity index (χ0n) is 12.4. The highest BCUT2D eigenvalue weighted by atomic mass is 32.2. The van der Waals surface area contributed by atoms with Gasteiger partial charge in [-0.3, -0.25) is 9.52 Å². The van der Waals surface area contributed by atoms with Crippen LogP contribution in [0, 0.1) is 0 Å². The van der Waals surface area contributed by atoms with E-state index in [0.29, 0.717) is 17.8 Å². The predicted molar refractivity (Wildman–Crippen MR) is 82.8 cm³/mol. The van der Waals surface area contributed by atoms with Gasteiger partial charge in [0.15, 0.2) is 12.4 Å². The lowest BCUT2D eigenvalue weighted by Crippen LogP contribution is -2.26. The maximum atomic E-state index is 12.6. The van der Waals surface area contributed by atoms with Gasteiger partial charge < -0.3 is 10.1 Å². The Hall–Kier alpha value is -2.75. The lowest BCUT2D eigenvalue weighted by atomic mass is 10.2. The Balaban J connectivity index is 1.90. The minimum Gasteiger partial charge on any atom is -0.479 e. The Labute approximate surface area is 140 Å². The smallest absolute Gasteiger partial charge is 0.416 e. The fourth-order valence-electron chi connectivity index (χ4n) is 2.22. The molecular weight excluding hydrogens is 361 g/mol. The quantitative estimate of drug-likeness (QED) is 0.868. The number of hydrogen-bond donors (Lipinski definition) is 2. The van der Waals surface area contributed by atoms with E-state index < -0.39 is 21.8 Å². The van der Waals surface area contributed by atoms with Gasteiger partial charge in [0.1, 0.15) is 0 Å². The van der Waals surface area contributed by atoms with Crippen LogP contribution in [0.1, 0.15) is 5.56 Å². The standard InChI is InChI=1S/C15H11F3N2O4S/c16-15(17,18)9-4-6-10(7-5-9)25(22,23)20-12-3-1-2-11-14(12)24-8-13(21)19-11/h1-7,20H,8H2,(H,19,21). The molecule has 0 spiro atoms. The third kappa shape index (κ3) is 3.53. The number of fused-ring (bicyclic) bond motifs is 1. The van der Waals surface area contributed by atoms with Crippen molar-refractivity contribution in [1.82, 2.24) is 0 Å². The number of amides is 1. The number of rotatable bonds is 3. The van der Waals surface area contributed by atoms with Crippen molar-refractivity contribution >= 4 is 27.3 Å². The minimum atomic E-state index is -4.56. The molecule has 6 nitrogen and oxygen atoms in total. The van der Waals surface area contributed by atoms with E-state index in [0.717, 1.165) is 12.1 Å². The number of anilines is 2. The van der Waals surface area contributed by atoms with Crippen molar-refractivity contribution in [3.63, 3.8) is 0 Å². The zero-order chi connectivity index (χ0) is 18.2. The molecule has 1 heterocycles. The van der Waals surface area contributed by atoms with Crippen LogP contribution in [0.4, 0.5) is 24.5 Å². The molecule has 2 N–H and O–H groups in total. The zero-order valence-corrected chi connectivity index (χ0v) is 13.2. The maximum Gasteiger partial charge on any atom is 0.416 e. The van der Waals surface area contributed by atoms with E-state index in [9.17, 15) is 26.4 Å². The number of hydrogen-bond acceptors (Lipinski definition) is 4. The van der Waals surface area contributed by atoms with Crippen LogP contribution in [0.3, 0.4) is 0 Å². The molecule has 0 aromatic heterocycles. The van der Waals surface area contributed by atoms with Crippen LogP contribution in [0.2, 0.25) is 0 Å². The SMILES string of the molecule is O=C1COc2c(cccc2NS(=O)(=O)c2ccc(C(F)(F)F)cc2)N1. The largest absolute Gasteiger partial charge is 0.479 e. The molecule has 25 heavy (non-hydrogen) atoms. The number of carbonyl (C=O) groups excluding carboxylic acids is 1. The molecular formula is C15H11F3N2O4S. The number of sulfonamides is 1. The summed E-state index contributed by atoms with van der Waals surface area (Å²) in [5.41, 5.74) is -0.587. The van der Waals surface area contributed by atoms with E-state index in [2.05, 4.69) is 10.0 Å². The second kappa shape index (κ2) is 5.96. The molecule has 3 rings (SSSR count). The monoisotopic (exact) mass is 372 g/mol. The summed E-state index contributed by atoms with van der Waals surface area (Å²) in [6.45, 7) is -0.272. The fraction of sp³-hybridized carbons (Fsp3) is 0.133. The Bertz CT molecular complexity index is 925. The van der Waals surface area contributed by atoms with E-state index in [1.807, 2.05) is 0 Å². The van der Waals surface area contributed by atoms with Crippen molar-refractivity contribution in [1.29, 1.82) is 0 Å². The minimum absolute atomic E-state index is 0.0670. The first kappa shape index (κ1) is 17.1. The Kier molecular flexibility index (Phi) is 4.07. The van der Waals surface area contributed by atoms with Gasteiger partial charge in [-0.05, 0) is 36.4 Å². The molecule has 1 amide bonds. The first-order chi connectivity index (χ1) is 11.7. The topological polar surface area (TPSA) is 84.5 Å². The molecule has 0 unspecified atom stereocenters. The summed E-state index contributed by atoms with van der Waals surface area (Å²) in [7, 11) is -4.13. The number of benzene rings is 2. The van der Waals surface area contributed by atoms with Gasteiger partial charge in [-0.15, -0.1) is 0 Å². The second-order valence-corrected chi connectivity index (χ2v) is 6.83. The summed E-state index contributed by atoms with van der Waals surface area (Å²) in [6.07, 6.45) is -4.56. The third-order valence-corrected chi connectivity index (χ3v) is 4.75. The second-order valence-electron chi connectivity index (χ2n) is 5.15. The molecule has 132 valence electrons. The van der Waals surface area contributed by atoms with E-state index in [1.54, 1.807) is 0 Å². The summed E-state index contributed by atoms with van der Waals surface area (Å²) in [6, 6.07) is 7.54. The summed E-state index contributed by atoms with van der Waals surface area (Å²) < 4.78 is 69.9. The normalized spacial score (nSPS) is 14.3. The van der Waals surface area contributed by atoms with Crippen molar-refractivity contribution < 1.29 is 31.1 Å². The number of alkyl halides is 3. The number of ether oxygens (including phenoxy) is 1. The molecule has 0 saturated heterocycles. The van der Waals surface area contributed by atoms with Gasteiger partial charge in [-0.1, -0.05) is 6.07 Å². The lowest BCUT2D eigenvalue weighted by Gasteiger charge is -2.21. The Morgan fingerprint density at radius 1 is 1.08 bits per heavy atom. The fourth-order valence-corrected chi connectivity index (χ4v) is 3.28. The summed E-state index contributed by atoms with van der Waals surface area (Å²) in [4.78, 5) is 11.0. The van der Waals surface area contributed by atoms with Crippen LogP contribution in [0.25, 0.3) is 0 Å². The van der Waals surface area contributed by atoms with Gasteiger partial charge in [0, 0.05) is 0 Å². The molecule has 0 atom stereocenters. The first-order valence-corrected chi connectivity index (χ1v) is 8.41. The van der Waals surface area contributed by atoms with Gasteiger partial charge in [0.25, 0.3) is 15.9 Å². The van der Waals surface area contributed by atoms with Crippen LogP contribution in [-0.2, 0) is 21.0 Å². The highest BCUT2D eigenvalue weighted by Crippen LogP contribution is 2.37. The van der Waals surface area contributed by atoms with Gasteiger partial charge in [-0.2, -0.15) is 13.2 Å². The van der Waals surface area contributed by atoms with Crippen LogP contribution in [0.5, 0.6) is 5.75 Å². The lowest BCUT2D eigenvalue weighted by molar-refractivity contribution is -0.137. The number of carbonyl (C=O) groups is 1. The highest BCUT2D eigenvalue weighted by Gasteiger charge is 2.31. The number of halogens is 3. The van der Waals surface area contributed by atoms with E-state index in [1.165, 1.54) is 18.2 Å². The molecule has 0 aliphatic carbocycles. The number of nitrogens with one attached hydrogen (secondary N) is 2. The molecule has 10 heteroatoms. The molecule has 0 fully saturated rings. The van der Waals surface area contributed by atoms with Crippen molar-refractivity contribution in [3.05, 3.63) is 48.0 Å². The van der Waals surface area contributed by atoms with E-state index >= 15 is 0 Å². The maximum absolute atomic E-state index is 12.6. The summed E-state index contributed by atoms with van der Waals surface area (Å²) >= 11 is 0. The molecule has 0 radical (unpaired) electrons. The number of para-hydroxylation sites is 1. The van der Waals surface area contributed by atoms with Crippen LogP contribution in [0.15, 0.2) is 47.4 Å². The molecule has 2 aromatic rings. The third-order valence-electron chi connectivity index (χ3n) is 3.37. The molecule has 0 saturated carbocycles. The van der Waals surface area contributed by atoms with Crippen LogP contribution >= 0.6 is 0 Å². The summed E-state index contributed by atoms with van der Waals surface area (Å²) in [5.74, 6) is -0.243. The molecule has 1 aliphatic heterocycles. The van der Waals surface area contributed by atoms with Gasteiger partial charge in [-0.25, -0.2) is 8.42 Å². The Morgan fingerprint density at radius 3 is 2.40 bits per heavy atom. The van der Waals surface area contributed by atoms with Crippen molar-refractivity contribution in [3.8, 4) is 5.75 Å². The molecule has 0 bridgehead atoms. The Morgan fingerprint density at radius 2 is 1.76 bits per heavy atom. The van der Waals surface area contributed by atoms with Gasteiger partial charge >= 0.3 is 6.18 Å². The predicted octanol–water partition coefficient (Wildman–Crippen LogP) is 2.84. The van der Waals surface area contributed by atoms with Crippen molar-refractivity contribution in [2.75, 3.05) is 16.6 Å². The van der Waals surface area contributed by atoms with Crippen molar-refractivity contribution in [2.24, 2.45) is 0 Å². The van der Waals surface area contributed by atoms with Crippen LogP contribution in [-0.4, -0.2) is 20.9 Å². The molecule has 1 aliphatic rings. The average molecular weight is 372 g/mol. The highest BCUT2D eigenvalue weighted by molar-refractivity contribution is 7.92. The average Bonchev–Trinajstić information content (AvgIpc) is 2.54. The van der Waals surface area contributed by atoms with Crippen molar-refractivity contribution in [2.45, 2.75) is 11.1 Å². The van der Waals surface area contributed by atoms with E-state index in [4.69, 9.17) is 4.74 Å².